The number of amides is 1. The van der Waals surface area contributed by atoms with E-state index in [0.29, 0.717) is 5.56 Å². The highest BCUT2D eigenvalue weighted by Crippen LogP contribution is 2.31. The van der Waals surface area contributed by atoms with Crippen LogP contribution in [0.4, 0.5) is 5.82 Å². The van der Waals surface area contributed by atoms with E-state index in [9.17, 15) is 4.79 Å². The third kappa shape index (κ3) is 2.99. The van der Waals surface area contributed by atoms with Gasteiger partial charge in [-0.15, -0.1) is 0 Å². The normalized spacial score (nSPS) is 13.2. The zero-order valence-electron chi connectivity index (χ0n) is 16.5. The lowest BCUT2D eigenvalue weighted by atomic mass is 10.2. The van der Waals surface area contributed by atoms with Gasteiger partial charge in [0.15, 0.2) is 5.65 Å². The van der Waals surface area contributed by atoms with Crippen LogP contribution in [0.2, 0.25) is 0 Å². The van der Waals surface area contributed by atoms with Gasteiger partial charge >= 0.3 is 0 Å². The van der Waals surface area contributed by atoms with E-state index in [-0.39, 0.29) is 11.9 Å². The number of carbonyl (C=O) groups is 1. The van der Waals surface area contributed by atoms with Crippen LogP contribution in [-0.4, -0.2) is 30.5 Å². The monoisotopic (exact) mass is 386 g/mol. The molecule has 7 nitrogen and oxygen atoms in total. The first kappa shape index (κ1) is 17.6. The van der Waals surface area contributed by atoms with Crippen LogP contribution in [0.3, 0.4) is 0 Å². The summed E-state index contributed by atoms with van der Waals surface area (Å²) in [5.41, 5.74) is 4.42. The number of fused-ring (bicyclic) bond motifs is 2. The molecule has 0 radical (unpaired) electrons. The number of carbonyl (C=O) groups excluding carboxylic acids is 1. The molecule has 4 aromatic rings. The maximum Gasteiger partial charge on any atom is 0.258 e. The largest absolute Gasteiger partial charge is 0.306 e. The highest BCUT2D eigenvalue weighted by atomic mass is 16.1. The molecule has 0 fully saturated rings. The molecule has 0 saturated heterocycles. The van der Waals surface area contributed by atoms with E-state index in [2.05, 4.69) is 29.2 Å². The maximum atomic E-state index is 13.1. The van der Waals surface area contributed by atoms with Gasteiger partial charge in [-0.2, -0.15) is 10.2 Å². The first-order valence-electron chi connectivity index (χ1n) is 9.92. The second kappa shape index (κ2) is 6.84. The zero-order chi connectivity index (χ0) is 20.0. The Bertz CT molecular complexity index is 1210. The Morgan fingerprint density at radius 1 is 1.14 bits per heavy atom. The molecule has 0 saturated carbocycles. The van der Waals surface area contributed by atoms with Gasteiger partial charge in [-0.05, 0) is 51.3 Å². The summed E-state index contributed by atoms with van der Waals surface area (Å²) < 4.78 is 3.69. The van der Waals surface area contributed by atoms with Crippen molar-refractivity contribution in [2.24, 2.45) is 0 Å². The van der Waals surface area contributed by atoms with Gasteiger partial charge < -0.3 is 5.32 Å². The van der Waals surface area contributed by atoms with Crippen molar-refractivity contribution in [3.63, 3.8) is 0 Å². The van der Waals surface area contributed by atoms with E-state index in [1.54, 1.807) is 12.4 Å². The molecule has 1 N–H and O–H groups in total. The number of benzene rings is 1. The van der Waals surface area contributed by atoms with Crippen molar-refractivity contribution in [3.05, 3.63) is 65.6 Å². The molecule has 0 unspecified atom stereocenters. The van der Waals surface area contributed by atoms with Gasteiger partial charge in [0, 0.05) is 23.2 Å². The standard InChI is InChI=1S/C22H22N6O/c1-14(2)27-20-15(13-24-27)11-16(12-23-20)22(29)25-21-18-9-6-10-19(18)26-28(21)17-7-4-3-5-8-17/h3-5,7-8,11-14H,6,9-10H2,1-2H3,(H,25,29). The molecule has 0 atom stereocenters. The van der Waals surface area contributed by atoms with Gasteiger partial charge in [0.2, 0.25) is 0 Å². The van der Waals surface area contributed by atoms with Crippen LogP contribution in [0.5, 0.6) is 0 Å². The predicted octanol–water partition coefficient (Wildman–Crippen LogP) is 3.94. The highest BCUT2D eigenvalue weighted by Gasteiger charge is 2.24. The summed E-state index contributed by atoms with van der Waals surface area (Å²) in [7, 11) is 0. The Kier molecular flexibility index (Phi) is 4.16. The fourth-order valence-corrected chi connectivity index (χ4v) is 3.90. The van der Waals surface area contributed by atoms with Crippen LogP contribution in [-0.2, 0) is 12.8 Å². The summed E-state index contributed by atoms with van der Waals surface area (Å²) in [5.74, 6) is 0.565. The van der Waals surface area contributed by atoms with E-state index < -0.39 is 0 Å². The van der Waals surface area contributed by atoms with E-state index in [0.717, 1.165) is 53.1 Å². The Hall–Kier alpha value is -3.48. The Balaban J connectivity index is 1.51. The average molecular weight is 386 g/mol. The molecule has 1 aromatic carbocycles. The number of aryl methyl sites for hydroxylation is 1. The van der Waals surface area contributed by atoms with Crippen LogP contribution in [0.15, 0.2) is 48.8 Å². The second-order valence-electron chi connectivity index (χ2n) is 7.65. The summed E-state index contributed by atoms with van der Waals surface area (Å²) in [4.78, 5) is 17.5. The average Bonchev–Trinajstić information content (AvgIpc) is 3.43. The summed E-state index contributed by atoms with van der Waals surface area (Å²) in [6, 6.07) is 11.9. The van der Waals surface area contributed by atoms with Crippen molar-refractivity contribution in [1.29, 1.82) is 0 Å². The summed E-state index contributed by atoms with van der Waals surface area (Å²) in [6.45, 7) is 4.11. The smallest absolute Gasteiger partial charge is 0.258 e. The lowest BCUT2D eigenvalue weighted by Crippen LogP contribution is -2.16. The molecule has 7 heteroatoms. The minimum atomic E-state index is -0.191. The maximum absolute atomic E-state index is 13.1. The summed E-state index contributed by atoms with van der Waals surface area (Å²) in [6.07, 6.45) is 6.31. The molecule has 5 rings (SSSR count). The number of hydrogen-bond donors (Lipinski definition) is 1. The number of pyridine rings is 1. The van der Waals surface area contributed by atoms with Crippen molar-refractivity contribution in [3.8, 4) is 5.69 Å². The molecule has 0 spiro atoms. The molecular weight excluding hydrogens is 364 g/mol. The van der Waals surface area contributed by atoms with Gasteiger partial charge in [-0.1, -0.05) is 18.2 Å². The van der Waals surface area contributed by atoms with E-state index in [1.165, 1.54) is 0 Å². The van der Waals surface area contributed by atoms with Gasteiger partial charge in [0.05, 0.1) is 23.1 Å². The quantitative estimate of drug-likeness (QED) is 0.576. The number of nitrogens with one attached hydrogen (secondary N) is 1. The number of anilines is 1. The molecule has 29 heavy (non-hydrogen) atoms. The van der Waals surface area contributed by atoms with Gasteiger partial charge in [-0.25, -0.2) is 14.3 Å². The van der Waals surface area contributed by atoms with Crippen LogP contribution >= 0.6 is 0 Å². The van der Waals surface area contributed by atoms with Crippen molar-refractivity contribution in [2.75, 3.05) is 5.32 Å². The number of nitrogens with zero attached hydrogens (tertiary/aromatic N) is 5. The van der Waals surface area contributed by atoms with E-state index in [1.807, 2.05) is 45.8 Å². The predicted molar refractivity (Wildman–Crippen MR) is 111 cm³/mol. The molecule has 1 aliphatic carbocycles. The summed E-state index contributed by atoms with van der Waals surface area (Å²) >= 11 is 0. The van der Waals surface area contributed by atoms with Crippen molar-refractivity contribution < 1.29 is 4.79 Å². The minimum Gasteiger partial charge on any atom is -0.306 e. The van der Waals surface area contributed by atoms with Gasteiger partial charge in [0.1, 0.15) is 5.82 Å². The van der Waals surface area contributed by atoms with Crippen molar-refractivity contribution in [2.45, 2.75) is 39.2 Å². The number of para-hydroxylation sites is 1. The molecule has 0 bridgehead atoms. The van der Waals surface area contributed by atoms with Crippen LogP contribution in [0.25, 0.3) is 16.7 Å². The van der Waals surface area contributed by atoms with Crippen LogP contribution in [0.1, 0.15) is 47.9 Å². The fraction of sp³-hybridized carbons (Fsp3) is 0.273. The first-order valence-corrected chi connectivity index (χ1v) is 9.92. The Labute approximate surface area is 168 Å². The zero-order valence-corrected chi connectivity index (χ0v) is 16.5. The van der Waals surface area contributed by atoms with Crippen molar-refractivity contribution >= 4 is 22.8 Å². The molecule has 3 aromatic heterocycles. The topological polar surface area (TPSA) is 77.6 Å². The first-order chi connectivity index (χ1) is 14.1. The molecule has 1 amide bonds. The second-order valence-corrected chi connectivity index (χ2v) is 7.65. The van der Waals surface area contributed by atoms with Gasteiger partial charge in [-0.3, -0.25) is 4.79 Å². The summed E-state index contributed by atoms with van der Waals surface area (Å²) in [5, 5.41) is 13.1. The SMILES string of the molecule is CC(C)n1ncc2cc(C(=O)Nc3c4c(nn3-c3ccccc3)CCC4)cnc21. The third-order valence-corrected chi connectivity index (χ3v) is 5.32. The number of hydrogen-bond acceptors (Lipinski definition) is 4. The Morgan fingerprint density at radius 3 is 2.76 bits per heavy atom. The highest BCUT2D eigenvalue weighted by molar-refractivity contribution is 6.05. The van der Waals surface area contributed by atoms with E-state index >= 15 is 0 Å². The fourth-order valence-electron chi connectivity index (χ4n) is 3.90. The molecular formula is C22H22N6O. The lowest BCUT2D eigenvalue weighted by molar-refractivity contribution is 0.102. The van der Waals surface area contributed by atoms with Crippen LogP contribution < -0.4 is 5.32 Å². The lowest BCUT2D eigenvalue weighted by Gasteiger charge is -2.11. The van der Waals surface area contributed by atoms with Crippen LogP contribution in [0, 0.1) is 0 Å². The Morgan fingerprint density at radius 2 is 1.97 bits per heavy atom. The van der Waals surface area contributed by atoms with E-state index in [4.69, 9.17) is 5.10 Å². The molecule has 0 aliphatic heterocycles. The van der Waals surface area contributed by atoms with Crippen molar-refractivity contribution in [1.82, 2.24) is 24.5 Å². The third-order valence-electron chi connectivity index (χ3n) is 5.32. The molecule has 146 valence electrons. The molecule has 1 aliphatic rings. The number of rotatable bonds is 4. The van der Waals surface area contributed by atoms with Gasteiger partial charge in [0.25, 0.3) is 5.91 Å². The minimum absolute atomic E-state index is 0.191. The number of aromatic nitrogens is 5. The molecule has 3 heterocycles.